The van der Waals surface area contributed by atoms with Gasteiger partial charge in [-0.05, 0) is 5.56 Å². The standard InChI is InChI=1S/C14H10N4O/c1-19-14-12(8-16)11(7-15)13(18-14)17-9-10-5-3-2-4-6-10/h2-6,9,18H,1H3/b17-9+. The van der Waals surface area contributed by atoms with Crippen molar-refractivity contribution < 1.29 is 4.74 Å². The van der Waals surface area contributed by atoms with Gasteiger partial charge >= 0.3 is 0 Å². The minimum atomic E-state index is 0.171. The summed E-state index contributed by atoms with van der Waals surface area (Å²) in [7, 11) is 1.43. The van der Waals surface area contributed by atoms with Crippen molar-refractivity contribution >= 4 is 12.0 Å². The summed E-state index contributed by atoms with van der Waals surface area (Å²) in [6.07, 6.45) is 1.62. The maximum absolute atomic E-state index is 9.09. The third kappa shape index (κ3) is 2.46. The highest BCUT2D eigenvalue weighted by atomic mass is 16.5. The molecule has 0 saturated heterocycles. The number of aromatic amines is 1. The summed E-state index contributed by atoms with van der Waals surface area (Å²) in [5.74, 6) is 0.569. The number of nitriles is 2. The zero-order valence-electron chi connectivity index (χ0n) is 10.2. The summed E-state index contributed by atoms with van der Waals surface area (Å²) in [6, 6.07) is 13.4. The van der Waals surface area contributed by atoms with Crippen molar-refractivity contribution in [1.82, 2.24) is 4.98 Å². The van der Waals surface area contributed by atoms with Gasteiger partial charge in [-0.25, -0.2) is 4.99 Å². The molecule has 5 nitrogen and oxygen atoms in total. The molecule has 0 spiro atoms. The average molecular weight is 250 g/mol. The van der Waals surface area contributed by atoms with Crippen molar-refractivity contribution in [3.05, 3.63) is 47.0 Å². The predicted molar refractivity (Wildman–Crippen MR) is 70.5 cm³/mol. The number of H-pyrrole nitrogens is 1. The van der Waals surface area contributed by atoms with Gasteiger partial charge in [0.25, 0.3) is 0 Å². The molecule has 0 bridgehead atoms. The SMILES string of the molecule is COc1[nH]c(/N=C/c2ccccc2)c(C#N)c1C#N. The highest BCUT2D eigenvalue weighted by Crippen LogP contribution is 2.29. The van der Waals surface area contributed by atoms with Crippen LogP contribution in [0.1, 0.15) is 16.7 Å². The van der Waals surface area contributed by atoms with E-state index in [0.29, 0.717) is 5.82 Å². The molecule has 92 valence electrons. The lowest BCUT2D eigenvalue weighted by atomic mass is 10.2. The lowest BCUT2D eigenvalue weighted by Gasteiger charge is -1.92. The highest BCUT2D eigenvalue weighted by molar-refractivity contribution is 5.82. The Morgan fingerprint density at radius 1 is 1.16 bits per heavy atom. The second-order valence-corrected chi connectivity index (χ2v) is 3.65. The second kappa shape index (κ2) is 5.52. The molecule has 0 saturated carbocycles. The predicted octanol–water partition coefficient (Wildman–Crippen LogP) is 2.52. The van der Waals surface area contributed by atoms with Gasteiger partial charge in [-0.15, -0.1) is 0 Å². The van der Waals surface area contributed by atoms with Crippen LogP contribution < -0.4 is 4.74 Å². The molecule has 0 aliphatic heterocycles. The average Bonchev–Trinajstić information content (AvgIpc) is 2.82. The Bertz CT molecular complexity index is 687. The topological polar surface area (TPSA) is 85.0 Å². The monoisotopic (exact) mass is 250 g/mol. The fourth-order valence-corrected chi connectivity index (χ4v) is 1.61. The number of hydrogen-bond donors (Lipinski definition) is 1. The number of methoxy groups -OCH3 is 1. The first-order valence-electron chi connectivity index (χ1n) is 5.49. The molecule has 2 rings (SSSR count). The first-order chi connectivity index (χ1) is 9.30. The molecule has 19 heavy (non-hydrogen) atoms. The van der Waals surface area contributed by atoms with Gasteiger partial charge in [0.15, 0.2) is 5.82 Å². The van der Waals surface area contributed by atoms with E-state index < -0.39 is 0 Å². The van der Waals surface area contributed by atoms with E-state index >= 15 is 0 Å². The third-order valence-electron chi connectivity index (χ3n) is 2.52. The smallest absolute Gasteiger partial charge is 0.212 e. The number of aromatic nitrogens is 1. The molecular weight excluding hydrogens is 240 g/mol. The van der Waals surface area contributed by atoms with Crippen LogP contribution in [-0.2, 0) is 0 Å². The van der Waals surface area contributed by atoms with Crippen LogP contribution in [-0.4, -0.2) is 18.3 Å². The van der Waals surface area contributed by atoms with Gasteiger partial charge in [-0.1, -0.05) is 30.3 Å². The Labute approximate surface area is 110 Å². The Morgan fingerprint density at radius 2 is 1.84 bits per heavy atom. The Morgan fingerprint density at radius 3 is 2.42 bits per heavy atom. The van der Waals surface area contributed by atoms with Crippen LogP contribution in [0.3, 0.4) is 0 Å². The largest absolute Gasteiger partial charge is 0.481 e. The molecule has 0 fully saturated rings. The van der Waals surface area contributed by atoms with Crippen molar-refractivity contribution in [2.45, 2.75) is 0 Å². The van der Waals surface area contributed by atoms with E-state index in [-0.39, 0.29) is 17.0 Å². The first-order valence-corrected chi connectivity index (χ1v) is 5.49. The van der Waals surface area contributed by atoms with E-state index in [2.05, 4.69) is 9.98 Å². The molecule has 1 aromatic carbocycles. The van der Waals surface area contributed by atoms with Crippen LogP contribution in [0.5, 0.6) is 5.88 Å². The molecule has 2 aromatic rings. The Balaban J connectivity index is 2.42. The van der Waals surface area contributed by atoms with Crippen LogP contribution in [0.15, 0.2) is 35.3 Å². The molecule has 1 heterocycles. The quantitative estimate of drug-likeness (QED) is 0.849. The fraction of sp³-hybridized carbons (Fsp3) is 0.0714. The molecule has 5 heteroatoms. The molecule has 0 atom stereocenters. The zero-order chi connectivity index (χ0) is 13.7. The lowest BCUT2D eigenvalue weighted by Crippen LogP contribution is -1.85. The molecule has 0 amide bonds. The number of ether oxygens (including phenoxy) is 1. The molecule has 0 radical (unpaired) electrons. The van der Waals surface area contributed by atoms with Crippen molar-refractivity contribution in [2.24, 2.45) is 4.99 Å². The van der Waals surface area contributed by atoms with Crippen LogP contribution in [0.4, 0.5) is 5.82 Å². The minimum Gasteiger partial charge on any atom is -0.481 e. The van der Waals surface area contributed by atoms with E-state index in [4.69, 9.17) is 15.3 Å². The van der Waals surface area contributed by atoms with Gasteiger partial charge < -0.3 is 9.72 Å². The molecular formula is C14H10N4O. The van der Waals surface area contributed by atoms with E-state index in [1.807, 2.05) is 42.5 Å². The van der Waals surface area contributed by atoms with Crippen LogP contribution in [0, 0.1) is 22.7 Å². The summed E-state index contributed by atoms with van der Waals surface area (Å²) in [5, 5.41) is 18.1. The number of nitrogens with one attached hydrogen (secondary N) is 1. The van der Waals surface area contributed by atoms with Crippen molar-refractivity contribution in [3.8, 4) is 18.0 Å². The molecule has 0 aliphatic rings. The number of benzene rings is 1. The van der Waals surface area contributed by atoms with Crippen molar-refractivity contribution in [1.29, 1.82) is 10.5 Å². The molecule has 0 unspecified atom stereocenters. The minimum absolute atomic E-state index is 0.171. The van der Waals surface area contributed by atoms with E-state index in [1.165, 1.54) is 7.11 Å². The first kappa shape index (κ1) is 12.4. The summed E-state index contributed by atoms with van der Waals surface area (Å²) in [6.45, 7) is 0. The summed E-state index contributed by atoms with van der Waals surface area (Å²) in [4.78, 5) is 7.00. The van der Waals surface area contributed by atoms with Crippen LogP contribution in [0.25, 0.3) is 0 Å². The number of aliphatic imine (C=N–C) groups is 1. The van der Waals surface area contributed by atoms with Gasteiger partial charge in [0.1, 0.15) is 23.3 Å². The number of nitrogens with zero attached hydrogens (tertiary/aromatic N) is 3. The van der Waals surface area contributed by atoms with E-state index in [1.54, 1.807) is 6.21 Å². The second-order valence-electron chi connectivity index (χ2n) is 3.65. The van der Waals surface area contributed by atoms with E-state index in [0.717, 1.165) is 5.56 Å². The van der Waals surface area contributed by atoms with Gasteiger partial charge in [0.2, 0.25) is 5.88 Å². The lowest BCUT2D eigenvalue weighted by molar-refractivity contribution is 0.399. The van der Waals surface area contributed by atoms with Crippen molar-refractivity contribution in [3.63, 3.8) is 0 Å². The van der Waals surface area contributed by atoms with Crippen LogP contribution in [0.2, 0.25) is 0 Å². The number of rotatable bonds is 3. The number of hydrogen-bond acceptors (Lipinski definition) is 4. The maximum atomic E-state index is 9.09. The van der Waals surface area contributed by atoms with Crippen LogP contribution >= 0.6 is 0 Å². The Hall–Kier alpha value is -3.05. The normalized spacial score (nSPS) is 10.1. The van der Waals surface area contributed by atoms with Gasteiger partial charge in [-0.2, -0.15) is 10.5 Å². The van der Waals surface area contributed by atoms with E-state index in [9.17, 15) is 0 Å². The summed E-state index contributed by atoms with van der Waals surface area (Å²) >= 11 is 0. The zero-order valence-corrected chi connectivity index (χ0v) is 10.2. The van der Waals surface area contributed by atoms with Gasteiger partial charge in [0, 0.05) is 6.21 Å². The van der Waals surface area contributed by atoms with Gasteiger partial charge in [-0.3, -0.25) is 0 Å². The maximum Gasteiger partial charge on any atom is 0.212 e. The Kier molecular flexibility index (Phi) is 3.61. The highest BCUT2D eigenvalue weighted by Gasteiger charge is 2.17. The molecule has 1 N–H and O–H groups in total. The summed E-state index contributed by atoms with van der Waals surface area (Å²) < 4.78 is 5.01. The van der Waals surface area contributed by atoms with Crippen molar-refractivity contribution in [2.75, 3.05) is 7.11 Å². The fourth-order valence-electron chi connectivity index (χ4n) is 1.61. The molecule has 0 aliphatic carbocycles. The van der Waals surface area contributed by atoms with Gasteiger partial charge in [0.05, 0.1) is 7.11 Å². The summed E-state index contributed by atoms with van der Waals surface area (Å²) in [5.41, 5.74) is 1.26. The third-order valence-corrected chi connectivity index (χ3v) is 2.52. The molecule has 1 aromatic heterocycles.